The number of benzene rings is 1. The molecule has 0 aromatic heterocycles. The molecular weight excluding hydrogens is 180 g/mol. The lowest BCUT2D eigenvalue weighted by molar-refractivity contribution is 0.456. The van der Waals surface area contributed by atoms with Gasteiger partial charge in [-0.2, -0.15) is 0 Å². The van der Waals surface area contributed by atoms with Crippen LogP contribution in [-0.4, -0.2) is 0 Å². The van der Waals surface area contributed by atoms with Gasteiger partial charge in [-0.05, 0) is 36.3 Å². The molecule has 0 heteroatoms. The Morgan fingerprint density at radius 3 is 2.07 bits per heavy atom. The topological polar surface area (TPSA) is 0 Å². The van der Waals surface area contributed by atoms with Crippen LogP contribution in [0.5, 0.6) is 0 Å². The first-order valence-corrected chi connectivity index (χ1v) is 6.38. The average molecular weight is 204 g/mol. The van der Waals surface area contributed by atoms with Crippen molar-refractivity contribution in [3.63, 3.8) is 0 Å². The number of aryl methyl sites for hydroxylation is 2. The van der Waals surface area contributed by atoms with E-state index in [1.165, 1.54) is 37.7 Å². The Morgan fingerprint density at radius 2 is 1.53 bits per heavy atom. The molecule has 0 aliphatic heterocycles. The minimum absolute atomic E-state index is 0.912. The van der Waals surface area contributed by atoms with Crippen molar-refractivity contribution >= 4 is 0 Å². The van der Waals surface area contributed by atoms with Gasteiger partial charge in [-0.1, -0.05) is 57.9 Å². The minimum atomic E-state index is 0.912. The highest BCUT2D eigenvalue weighted by molar-refractivity contribution is 5.27. The maximum atomic E-state index is 2.31. The van der Waals surface area contributed by atoms with E-state index in [1.54, 1.807) is 5.56 Å². The molecule has 0 N–H and O–H groups in total. The summed E-state index contributed by atoms with van der Waals surface area (Å²) in [6, 6.07) is 8.88. The van der Waals surface area contributed by atoms with E-state index < -0.39 is 0 Å². The van der Waals surface area contributed by atoms with Gasteiger partial charge in [-0.15, -0.1) is 0 Å². The Balaban J connectivity index is 2.56. The highest BCUT2D eigenvalue weighted by Crippen LogP contribution is 2.18. The van der Waals surface area contributed by atoms with Gasteiger partial charge in [0.2, 0.25) is 0 Å². The molecular formula is C15H24. The molecule has 0 saturated heterocycles. The largest absolute Gasteiger partial charge is 0.0651 e. The molecule has 0 aliphatic carbocycles. The van der Waals surface area contributed by atoms with Gasteiger partial charge >= 0.3 is 0 Å². The first-order chi connectivity index (χ1) is 7.31. The summed E-state index contributed by atoms with van der Waals surface area (Å²) in [4.78, 5) is 0. The second kappa shape index (κ2) is 6.66. The predicted molar refractivity (Wildman–Crippen MR) is 68.2 cm³/mol. The van der Waals surface area contributed by atoms with Crippen molar-refractivity contribution in [1.82, 2.24) is 0 Å². The number of hydrogen-bond acceptors (Lipinski definition) is 0. The molecule has 0 fully saturated rings. The van der Waals surface area contributed by atoms with Gasteiger partial charge in [0.05, 0.1) is 0 Å². The summed E-state index contributed by atoms with van der Waals surface area (Å²) in [6.45, 7) is 6.86. The Hall–Kier alpha value is -0.780. The fourth-order valence-corrected chi connectivity index (χ4v) is 2.20. The molecule has 0 saturated carbocycles. The standard InChI is InChI=1S/C15H24/c1-4-13(5-2)11-12-15-10-8-7-9-14(15)6-3/h7-10,13H,4-6,11-12H2,1-3H3. The first-order valence-electron chi connectivity index (χ1n) is 6.38. The first kappa shape index (κ1) is 12.3. The molecule has 0 nitrogen and oxygen atoms in total. The number of rotatable bonds is 6. The van der Waals surface area contributed by atoms with Crippen LogP contribution in [0.15, 0.2) is 24.3 Å². The molecule has 84 valence electrons. The molecule has 0 spiro atoms. The minimum Gasteiger partial charge on any atom is -0.0651 e. The zero-order valence-corrected chi connectivity index (χ0v) is 10.4. The van der Waals surface area contributed by atoms with Crippen molar-refractivity contribution in [2.75, 3.05) is 0 Å². The van der Waals surface area contributed by atoms with Gasteiger partial charge < -0.3 is 0 Å². The molecule has 0 heterocycles. The van der Waals surface area contributed by atoms with Gasteiger partial charge in [-0.25, -0.2) is 0 Å². The lowest BCUT2D eigenvalue weighted by Gasteiger charge is -2.13. The smallest absolute Gasteiger partial charge is 0.0274 e. The molecule has 1 aromatic carbocycles. The third kappa shape index (κ3) is 3.70. The van der Waals surface area contributed by atoms with Crippen LogP contribution < -0.4 is 0 Å². The van der Waals surface area contributed by atoms with E-state index in [9.17, 15) is 0 Å². The van der Waals surface area contributed by atoms with E-state index in [2.05, 4.69) is 45.0 Å². The van der Waals surface area contributed by atoms with E-state index in [-0.39, 0.29) is 0 Å². The monoisotopic (exact) mass is 204 g/mol. The summed E-state index contributed by atoms with van der Waals surface area (Å²) in [5.74, 6) is 0.912. The summed E-state index contributed by atoms with van der Waals surface area (Å²) in [5, 5.41) is 0. The average Bonchev–Trinajstić information content (AvgIpc) is 2.31. The molecule has 0 aliphatic rings. The van der Waals surface area contributed by atoms with E-state index in [1.807, 2.05) is 0 Å². The third-order valence-electron chi connectivity index (χ3n) is 3.48. The lowest BCUT2D eigenvalue weighted by Crippen LogP contribution is -2.01. The van der Waals surface area contributed by atoms with Crippen molar-refractivity contribution < 1.29 is 0 Å². The van der Waals surface area contributed by atoms with Gasteiger partial charge in [0.15, 0.2) is 0 Å². The van der Waals surface area contributed by atoms with E-state index in [0.29, 0.717) is 0 Å². The summed E-state index contributed by atoms with van der Waals surface area (Å²) in [7, 11) is 0. The maximum absolute atomic E-state index is 2.31. The summed E-state index contributed by atoms with van der Waals surface area (Å²) < 4.78 is 0. The Morgan fingerprint density at radius 1 is 0.933 bits per heavy atom. The van der Waals surface area contributed by atoms with E-state index in [0.717, 1.165) is 5.92 Å². The second-order valence-corrected chi connectivity index (χ2v) is 4.34. The van der Waals surface area contributed by atoms with Gasteiger partial charge in [-0.3, -0.25) is 0 Å². The van der Waals surface area contributed by atoms with Crippen molar-refractivity contribution in [3.05, 3.63) is 35.4 Å². The predicted octanol–water partition coefficient (Wildman–Crippen LogP) is 4.62. The summed E-state index contributed by atoms with van der Waals surface area (Å²) in [5.41, 5.74) is 3.09. The quantitative estimate of drug-likeness (QED) is 0.634. The Bertz CT molecular complexity index is 271. The highest BCUT2D eigenvalue weighted by Gasteiger charge is 2.05. The zero-order valence-electron chi connectivity index (χ0n) is 10.4. The molecule has 0 atom stereocenters. The van der Waals surface area contributed by atoms with E-state index in [4.69, 9.17) is 0 Å². The normalized spacial score (nSPS) is 10.9. The van der Waals surface area contributed by atoms with Gasteiger partial charge in [0.1, 0.15) is 0 Å². The van der Waals surface area contributed by atoms with Crippen molar-refractivity contribution in [2.24, 2.45) is 5.92 Å². The maximum Gasteiger partial charge on any atom is -0.0274 e. The summed E-state index contributed by atoms with van der Waals surface area (Å²) in [6.07, 6.45) is 6.43. The van der Waals surface area contributed by atoms with Crippen LogP contribution in [0.1, 0.15) is 51.2 Å². The third-order valence-corrected chi connectivity index (χ3v) is 3.48. The molecule has 0 amide bonds. The highest BCUT2D eigenvalue weighted by atomic mass is 14.1. The van der Waals surface area contributed by atoms with Crippen LogP contribution in [0.2, 0.25) is 0 Å². The molecule has 0 unspecified atom stereocenters. The molecule has 1 rings (SSSR count). The fraction of sp³-hybridized carbons (Fsp3) is 0.600. The van der Waals surface area contributed by atoms with Crippen LogP contribution in [0, 0.1) is 5.92 Å². The van der Waals surface area contributed by atoms with Crippen LogP contribution >= 0.6 is 0 Å². The molecule has 15 heavy (non-hydrogen) atoms. The summed E-state index contributed by atoms with van der Waals surface area (Å²) >= 11 is 0. The fourth-order valence-electron chi connectivity index (χ4n) is 2.20. The zero-order chi connectivity index (χ0) is 11.1. The van der Waals surface area contributed by atoms with Crippen molar-refractivity contribution in [3.8, 4) is 0 Å². The molecule has 1 aromatic rings. The lowest BCUT2D eigenvalue weighted by atomic mass is 9.92. The number of hydrogen-bond donors (Lipinski definition) is 0. The molecule has 0 radical (unpaired) electrons. The van der Waals surface area contributed by atoms with Gasteiger partial charge in [0, 0.05) is 0 Å². The Kier molecular flexibility index (Phi) is 5.45. The van der Waals surface area contributed by atoms with Crippen LogP contribution in [0.25, 0.3) is 0 Å². The second-order valence-electron chi connectivity index (χ2n) is 4.34. The SMILES string of the molecule is CCc1ccccc1CCC(CC)CC. The van der Waals surface area contributed by atoms with E-state index >= 15 is 0 Å². The van der Waals surface area contributed by atoms with Gasteiger partial charge in [0.25, 0.3) is 0 Å². The van der Waals surface area contributed by atoms with Crippen LogP contribution in [0.3, 0.4) is 0 Å². The van der Waals surface area contributed by atoms with Crippen LogP contribution in [0.4, 0.5) is 0 Å². The van der Waals surface area contributed by atoms with Crippen molar-refractivity contribution in [1.29, 1.82) is 0 Å². The van der Waals surface area contributed by atoms with Crippen LogP contribution in [-0.2, 0) is 12.8 Å². The molecule has 0 bridgehead atoms. The Labute approximate surface area is 94.7 Å². The van der Waals surface area contributed by atoms with Crippen molar-refractivity contribution in [2.45, 2.75) is 52.9 Å².